The number of anilines is 1. The maximum Gasteiger partial charge on any atom is 0.244 e. The fraction of sp³-hybridized carbons (Fsp3) is 0.355. The third kappa shape index (κ3) is 9.89. The standard InChI is InChI=1S/C31H38BrN3O5S/c1-4-6-20-33-31(37)29(21-24-10-8-7-9-11-24)34(22-25-12-14-26(32)15-13-25)30(36)23-35(41(3,38)39)27-16-18-28(19-17-27)40-5-2/h7-19,29H,4-6,20-23H2,1-3H3,(H,33,37). The van der Waals surface area contributed by atoms with Crippen LogP contribution >= 0.6 is 15.9 Å². The molecule has 0 aliphatic rings. The van der Waals surface area contributed by atoms with Crippen molar-refractivity contribution in [3.8, 4) is 5.75 Å². The highest BCUT2D eigenvalue weighted by Gasteiger charge is 2.33. The number of halogens is 1. The Morgan fingerprint density at radius 3 is 2.17 bits per heavy atom. The van der Waals surface area contributed by atoms with Gasteiger partial charge in [0.2, 0.25) is 21.8 Å². The van der Waals surface area contributed by atoms with Gasteiger partial charge in [0.25, 0.3) is 0 Å². The summed E-state index contributed by atoms with van der Waals surface area (Å²) in [4.78, 5) is 29.2. The zero-order valence-corrected chi connectivity index (χ0v) is 26.2. The number of carbonyl (C=O) groups is 2. The van der Waals surface area contributed by atoms with E-state index >= 15 is 0 Å². The molecule has 3 aromatic carbocycles. The normalized spacial score (nSPS) is 11.9. The largest absolute Gasteiger partial charge is 0.494 e. The topological polar surface area (TPSA) is 96.0 Å². The van der Waals surface area contributed by atoms with Crippen LogP contribution in [0.2, 0.25) is 0 Å². The average molecular weight is 645 g/mol. The van der Waals surface area contributed by atoms with Gasteiger partial charge in [-0.3, -0.25) is 13.9 Å². The molecule has 0 aliphatic heterocycles. The van der Waals surface area contributed by atoms with Gasteiger partial charge in [-0.25, -0.2) is 8.42 Å². The summed E-state index contributed by atoms with van der Waals surface area (Å²) in [6, 6.07) is 22.7. The van der Waals surface area contributed by atoms with Crippen molar-refractivity contribution in [2.45, 2.75) is 45.7 Å². The second kappa shape index (κ2) is 15.6. The fourth-order valence-corrected chi connectivity index (χ4v) is 5.45. The number of nitrogens with one attached hydrogen (secondary N) is 1. The minimum absolute atomic E-state index is 0.131. The lowest BCUT2D eigenvalue weighted by atomic mass is 10.0. The Bertz CT molecular complexity index is 1370. The first-order valence-electron chi connectivity index (χ1n) is 13.7. The highest BCUT2D eigenvalue weighted by Crippen LogP contribution is 2.23. The van der Waals surface area contributed by atoms with Gasteiger partial charge < -0.3 is 15.0 Å². The van der Waals surface area contributed by atoms with Crippen molar-refractivity contribution in [3.05, 3.63) is 94.5 Å². The molecule has 3 rings (SSSR count). The van der Waals surface area contributed by atoms with Gasteiger partial charge in [0.15, 0.2) is 0 Å². The molecule has 41 heavy (non-hydrogen) atoms. The lowest BCUT2D eigenvalue weighted by Gasteiger charge is -2.33. The van der Waals surface area contributed by atoms with E-state index in [1.54, 1.807) is 24.3 Å². The van der Waals surface area contributed by atoms with Crippen molar-refractivity contribution in [2.24, 2.45) is 0 Å². The highest BCUT2D eigenvalue weighted by molar-refractivity contribution is 9.10. The van der Waals surface area contributed by atoms with Gasteiger partial charge in [0.05, 0.1) is 18.6 Å². The van der Waals surface area contributed by atoms with Crippen LogP contribution in [0.15, 0.2) is 83.3 Å². The molecular weight excluding hydrogens is 606 g/mol. The van der Waals surface area contributed by atoms with Gasteiger partial charge in [0, 0.05) is 24.0 Å². The van der Waals surface area contributed by atoms with Crippen LogP contribution in [-0.4, -0.2) is 57.1 Å². The highest BCUT2D eigenvalue weighted by atomic mass is 79.9. The van der Waals surface area contributed by atoms with E-state index in [1.165, 1.54) is 4.90 Å². The number of rotatable bonds is 15. The monoisotopic (exact) mass is 643 g/mol. The van der Waals surface area contributed by atoms with Crippen molar-refractivity contribution in [1.82, 2.24) is 10.2 Å². The van der Waals surface area contributed by atoms with Crippen LogP contribution in [0, 0.1) is 0 Å². The summed E-state index contributed by atoms with van der Waals surface area (Å²) in [6.45, 7) is 4.53. The van der Waals surface area contributed by atoms with E-state index in [0.717, 1.165) is 39.0 Å². The third-order valence-electron chi connectivity index (χ3n) is 6.48. The van der Waals surface area contributed by atoms with E-state index in [1.807, 2.05) is 68.4 Å². The van der Waals surface area contributed by atoms with Gasteiger partial charge in [-0.2, -0.15) is 0 Å². The van der Waals surface area contributed by atoms with E-state index in [0.29, 0.717) is 24.6 Å². The number of hydrogen-bond donors (Lipinski definition) is 1. The van der Waals surface area contributed by atoms with Gasteiger partial charge in [-0.1, -0.05) is 71.7 Å². The Balaban J connectivity index is 2.00. The Kier molecular flexibility index (Phi) is 12.2. The molecule has 0 spiro atoms. The van der Waals surface area contributed by atoms with Crippen LogP contribution in [0.3, 0.4) is 0 Å². The summed E-state index contributed by atoms with van der Waals surface area (Å²) in [5.74, 6) is -0.168. The zero-order chi connectivity index (χ0) is 29.8. The van der Waals surface area contributed by atoms with E-state index in [4.69, 9.17) is 4.74 Å². The smallest absolute Gasteiger partial charge is 0.244 e. The maximum atomic E-state index is 14.1. The van der Waals surface area contributed by atoms with Crippen LogP contribution in [0.5, 0.6) is 5.75 Å². The molecule has 0 heterocycles. The molecule has 0 radical (unpaired) electrons. The van der Waals surface area contributed by atoms with E-state index < -0.39 is 28.5 Å². The molecule has 0 aromatic heterocycles. The van der Waals surface area contributed by atoms with Gasteiger partial charge in [-0.15, -0.1) is 0 Å². The second-order valence-corrected chi connectivity index (χ2v) is 12.5. The quantitative estimate of drug-likeness (QED) is 0.231. The number of unbranched alkanes of at least 4 members (excludes halogenated alkanes) is 1. The molecular formula is C31H38BrN3O5S. The van der Waals surface area contributed by atoms with Gasteiger partial charge >= 0.3 is 0 Å². The summed E-state index contributed by atoms with van der Waals surface area (Å²) < 4.78 is 33.2. The molecule has 0 saturated heterocycles. The Labute approximate surface area is 251 Å². The van der Waals surface area contributed by atoms with Crippen molar-refractivity contribution >= 4 is 43.5 Å². The number of hydrogen-bond acceptors (Lipinski definition) is 5. The molecule has 220 valence electrons. The van der Waals surface area contributed by atoms with E-state index in [2.05, 4.69) is 21.2 Å². The molecule has 0 aliphatic carbocycles. The van der Waals surface area contributed by atoms with Crippen LogP contribution in [0.4, 0.5) is 5.69 Å². The van der Waals surface area contributed by atoms with E-state index in [-0.39, 0.29) is 18.9 Å². The van der Waals surface area contributed by atoms with Crippen LogP contribution in [-0.2, 0) is 32.6 Å². The number of amides is 2. The van der Waals surface area contributed by atoms with Gasteiger partial charge in [0.1, 0.15) is 18.3 Å². The minimum atomic E-state index is -3.83. The first-order valence-corrected chi connectivity index (χ1v) is 16.3. The predicted molar refractivity (Wildman–Crippen MR) is 166 cm³/mol. The van der Waals surface area contributed by atoms with Crippen molar-refractivity contribution < 1.29 is 22.7 Å². The lowest BCUT2D eigenvalue weighted by molar-refractivity contribution is -0.140. The Hall–Kier alpha value is -3.37. The minimum Gasteiger partial charge on any atom is -0.494 e. The van der Waals surface area contributed by atoms with E-state index in [9.17, 15) is 18.0 Å². The van der Waals surface area contributed by atoms with Gasteiger partial charge in [-0.05, 0) is 60.9 Å². The predicted octanol–water partition coefficient (Wildman–Crippen LogP) is 5.17. The average Bonchev–Trinajstić information content (AvgIpc) is 2.95. The summed E-state index contributed by atoms with van der Waals surface area (Å²) in [5, 5.41) is 2.98. The summed E-state index contributed by atoms with van der Waals surface area (Å²) in [6.07, 6.45) is 3.07. The first-order chi connectivity index (χ1) is 19.6. The summed E-state index contributed by atoms with van der Waals surface area (Å²) in [5.41, 5.74) is 2.04. The number of sulfonamides is 1. The number of ether oxygens (including phenoxy) is 1. The molecule has 1 unspecified atom stereocenters. The molecule has 1 N–H and O–H groups in total. The van der Waals surface area contributed by atoms with Crippen molar-refractivity contribution in [1.29, 1.82) is 0 Å². The molecule has 1 atom stereocenters. The Morgan fingerprint density at radius 2 is 1.59 bits per heavy atom. The lowest BCUT2D eigenvalue weighted by Crippen LogP contribution is -2.53. The summed E-state index contributed by atoms with van der Waals surface area (Å²) >= 11 is 3.44. The Morgan fingerprint density at radius 1 is 0.927 bits per heavy atom. The SMILES string of the molecule is CCCCNC(=O)C(Cc1ccccc1)N(Cc1ccc(Br)cc1)C(=O)CN(c1ccc(OCC)cc1)S(C)(=O)=O. The third-order valence-corrected chi connectivity index (χ3v) is 8.15. The maximum absolute atomic E-state index is 14.1. The molecule has 0 bridgehead atoms. The van der Waals surface area contributed by atoms with Crippen LogP contribution in [0.1, 0.15) is 37.8 Å². The zero-order valence-electron chi connectivity index (χ0n) is 23.8. The first kappa shape index (κ1) is 32.1. The molecule has 0 saturated carbocycles. The second-order valence-electron chi connectivity index (χ2n) is 9.69. The molecule has 10 heteroatoms. The number of benzene rings is 3. The van der Waals surface area contributed by atoms with Crippen molar-refractivity contribution in [2.75, 3.05) is 30.3 Å². The fourth-order valence-electron chi connectivity index (χ4n) is 4.34. The van der Waals surface area contributed by atoms with Crippen LogP contribution in [0.25, 0.3) is 0 Å². The number of nitrogens with zero attached hydrogens (tertiary/aromatic N) is 2. The number of carbonyl (C=O) groups excluding carboxylic acids is 2. The molecule has 2 amide bonds. The molecule has 0 fully saturated rings. The van der Waals surface area contributed by atoms with Crippen molar-refractivity contribution in [3.63, 3.8) is 0 Å². The molecule has 8 nitrogen and oxygen atoms in total. The summed E-state index contributed by atoms with van der Waals surface area (Å²) in [7, 11) is -3.83. The van der Waals surface area contributed by atoms with Crippen LogP contribution < -0.4 is 14.4 Å². The molecule has 3 aromatic rings.